The molecule has 0 radical (unpaired) electrons. The maximum absolute atomic E-state index is 10.7. The average molecular weight is 205 g/mol. The Morgan fingerprint density at radius 1 is 1.43 bits per heavy atom. The van der Waals surface area contributed by atoms with Gasteiger partial charge in [0.2, 0.25) is 5.91 Å². The molecule has 0 aromatic carbocycles. The topological polar surface area (TPSA) is 89.8 Å². The van der Waals surface area contributed by atoms with Gasteiger partial charge in [-0.15, -0.1) is 0 Å². The lowest BCUT2D eigenvalue weighted by Crippen LogP contribution is -2.50. The lowest BCUT2D eigenvalue weighted by Gasteiger charge is -2.25. The van der Waals surface area contributed by atoms with E-state index in [4.69, 9.17) is 5.11 Å². The van der Waals surface area contributed by atoms with Crippen LogP contribution in [0, 0.1) is 0 Å². The number of hydrogen-bond donors (Lipinski definition) is 4. The zero-order chi connectivity index (χ0) is 11.1. The van der Waals surface area contributed by atoms with Gasteiger partial charge in [0.05, 0.1) is 18.8 Å². The van der Waals surface area contributed by atoms with Gasteiger partial charge in [-0.1, -0.05) is 13.3 Å². The van der Waals surface area contributed by atoms with E-state index in [-0.39, 0.29) is 12.5 Å². The molecule has 0 aromatic rings. The summed E-state index contributed by atoms with van der Waals surface area (Å²) in [5.41, 5.74) is 0. The van der Waals surface area contributed by atoms with Crippen LogP contribution in [0.2, 0.25) is 0 Å². The van der Waals surface area contributed by atoms with Crippen LogP contribution in [0.25, 0.3) is 0 Å². The Labute approximate surface area is 83.8 Å². The Bertz CT molecular complexity index is 174. The second kappa shape index (κ2) is 6.75. The predicted molar refractivity (Wildman–Crippen MR) is 51.6 cm³/mol. The molecule has 3 atom stereocenters. The Morgan fingerprint density at radius 2 is 2.00 bits per heavy atom. The fourth-order valence-corrected chi connectivity index (χ4v) is 1.23. The van der Waals surface area contributed by atoms with Crippen molar-refractivity contribution in [2.45, 2.75) is 44.9 Å². The molecular weight excluding hydrogens is 186 g/mol. The van der Waals surface area contributed by atoms with Crippen LogP contribution < -0.4 is 5.32 Å². The van der Waals surface area contributed by atoms with Crippen molar-refractivity contribution in [1.82, 2.24) is 5.32 Å². The normalized spacial score (nSPS) is 17.2. The van der Waals surface area contributed by atoms with Crippen molar-refractivity contribution < 1.29 is 20.1 Å². The van der Waals surface area contributed by atoms with Gasteiger partial charge in [0, 0.05) is 6.92 Å². The van der Waals surface area contributed by atoms with Crippen molar-refractivity contribution in [2.75, 3.05) is 6.61 Å². The van der Waals surface area contributed by atoms with E-state index in [1.807, 2.05) is 6.92 Å². The molecule has 0 aliphatic heterocycles. The van der Waals surface area contributed by atoms with Crippen LogP contribution in [-0.2, 0) is 4.79 Å². The Morgan fingerprint density at radius 3 is 2.36 bits per heavy atom. The molecule has 4 N–H and O–H groups in total. The molecule has 0 saturated heterocycles. The fourth-order valence-electron chi connectivity index (χ4n) is 1.23. The zero-order valence-corrected chi connectivity index (χ0v) is 8.60. The van der Waals surface area contributed by atoms with Gasteiger partial charge < -0.3 is 20.6 Å². The number of aliphatic hydroxyl groups excluding tert-OH is 3. The Balaban J connectivity index is 4.14. The predicted octanol–water partition coefficient (Wildman–Crippen LogP) is -0.995. The van der Waals surface area contributed by atoms with Crippen molar-refractivity contribution in [3.8, 4) is 0 Å². The van der Waals surface area contributed by atoms with Gasteiger partial charge in [-0.2, -0.15) is 0 Å². The summed E-state index contributed by atoms with van der Waals surface area (Å²) in [7, 11) is 0. The van der Waals surface area contributed by atoms with Crippen LogP contribution in [0.15, 0.2) is 0 Å². The van der Waals surface area contributed by atoms with E-state index in [0.717, 1.165) is 6.42 Å². The second-order valence-corrected chi connectivity index (χ2v) is 3.34. The third-order valence-corrected chi connectivity index (χ3v) is 1.98. The minimum absolute atomic E-state index is 0.341. The van der Waals surface area contributed by atoms with E-state index < -0.39 is 18.2 Å². The van der Waals surface area contributed by atoms with Crippen LogP contribution in [0.5, 0.6) is 0 Å². The number of nitrogens with one attached hydrogen (secondary N) is 1. The first-order valence-electron chi connectivity index (χ1n) is 4.77. The second-order valence-electron chi connectivity index (χ2n) is 3.34. The minimum atomic E-state index is -1.12. The first kappa shape index (κ1) is 13.4. The van der Waals surface area contributed by atoms with Crippen LogP contribution >= 0.6 is 0 Å². The first-order valence-corrected chi connectivity index (χ1v) is 4.77. The molecule has 0 aliphatic carbocycles. The van der Waals surface area contributed by atoms with Gasteiger partial charge in [-0.25, -0.2) is 0 Å². The highest BCUT2D eigenvalue weighted by molar-refractivity contribution is 5.73. The highest BCUT2D eigenvalue weighted by Crippen LogP contribution is 2.06. The quantitative estimate of drug-likeness (QED) is 0.448. The van der Waals surface area contributed by atoms with Gasteiger partial charge in [0.1, 0.15) is 6.10 Å². The molecular formula is C9H19NO4. The maximum atomic E-state index is 10.7. The van der Waals surface area contributed by atoms with Crippen molar-refractivity contribution in [2.24, 2.45) is 0 Å². The molecule has 0 saturated carbocycles. The molecule has 0 bridgehead atoms. The van der Waals surface area contributed by atoms with Crippen LogP contribution in [0.3, 0.4) is 0 Å². The number of carbonyl (C=O) groups is 1. The van der Waals surface area contributed by atoms with Crippen molar-refractivity contribution >= 4 is 5.91 Å². The SMILES string of the molecule is CCCC(O)C(O)C(CO)NC(C)=O. The van der Waals surface area contributed by atoms with Crippen molar-refractivity contribution in [3.63, 3.8) is 0 Å². The number of amides is 1. The zero-order valence-electron chi connectivity index (χ0n) is 8.60. The van der Waals surface area contributed by atoms with E-state index >= 15 is 0 Å². The molecule has 5 heteroatoms. The molecule has 84 valence electrons. The molecule has 0 heterocycles. The number of carbonyl (C=O) groups excluding carboxylic acids is 1. The van der Waals surface area contributed by atoms with Crippen LogP contribution in [-0.4, -0.2) is 46.1 Å². The number of rotatable bonds is 6. The lowest BCUT2D eigenvalue weighted by molar-refractivity contribution is -0.122. The number of hydrogen-bond acceptors (Lipinski definition) is 4. The molecule has 5 nitrogen and oxygen atoms in total. The highest BCUT2D eigenvalue weighted by atomic mass is 16.3. The number of aliphatic hydroxyl groups is 3. The van der Waals surface area contributed by atoms with E-state index in [1.54, 1.807) is 0 Å². The fraction of sp³-hybridized carbons (Fsp3) is 0.889. The van der Waals surface area contributed by atoms with Gasteiger partial charge >= 0.3 is 0 Å². The van der Waals surface area contributed by atoms with Gasteiger partial charge in [-0.3, -0.25) is 4.79 Å². The summed E-state index contributed by atoms with van der Waals surface area (Å²) in [5.74, 6) is -0.341. The van der Waals surface area contributed by atoms with Gasteiger partial charge in [0.15, 0.2) is 0 Å². The van der Waals surface area contributed by atoms with Gasteiger partial charge in [-0.05, 0) is 6.42 Å². The van der Waals surface area contributed by atoms with E-state index in [9.17, 15) is 15.0 Å². The summed E-state index contributed by atoms with van der Waals surface area (Å²) in [6.45, 7) is 2.78. The first-order chi connectivity index (χ1) is 6.52. The molecule has 0 fully saturated rings. The van der Waals surface area contributed by atoms with Crippen molar-refractivity contribution in [3.05, 3.63) is 0 Å². The van der Waals surface area contributed by atoms with Gasteiger partial charge in [0.25, 0.3) is 0 Å². The van der Waals surface area contributed by atoms with E-state index in [0.29, 0.717) is 6.42 Å². The molecule has 14 heavy (non-hydrogen) atoms. The Kier molecular flexibility index (Phi) is 6.44. The monoisotopic (exact) mass is 205 g/mol. The highest BCUT2D eigenvalue weighted by Gasteiger charge is 2.25. The molecule has 0 spiro atoms. The lowest BCUT2D eigenvalue weighted by atomic mass is 10.0. The standard InChI is InChI=1S/C9H19NO4/c1-3-4-8(13)9(14)7(5-11)10-6(2)12/h7-9,11,13-14H,3-5H2,1-2H3,(H,10,12). The third-order valence-electron chi connectivity index (χ3n) is 1.98. The summed E-state index contributed by atoms with van der Waals surface area (Å²) in [6.07, 6.45) is -0.860. The van der Waals surface area contributed by atoms with Crippen LogP contribution in [0.1, 0.15) is 26.7 Å². The molecule has 0 rings (SSSR count). The summed E-state index contributed by atoms with van der Waals surface area (Å²) < 4.78 is 0. The molecule has 0 aromatic heterocycles. The summed E-state index contributed by atoms with van der Waals surface area (Å²) >= 11 is 0. The average Bonchev–Trinajstić information content (AvgIpc) is 2.13. The van der Waals surface area contributed by atoms with E-state index in [1.165, 1.54) is 6.92 Å². The van der Waals surface area contributed by atoms with E-state index in [2.05, 4.69) is 5.32 Å². The summed E-state index contributed by atoms with van der Waals surface area (Å²) in [5, 5.41) is 30.2. The van der Waals surface area contributed by atoms with Crippen LogP contribution in [0.4, 0.5) is 0 Å². The molecule has 1 amide bonds. The Hall–Kier alpha value is -0.650. The maximum Gasteiger partial charge on any atom is 0.217 e. The minimum Gasteiger partial charge on any atom is -0.394 e. The molecule has 0 aliphatic rings. The summed E-state index contributed by atoms with van der Waals surface area (Å²) in [4.78, 5) is 10.7. The largest absolute Gasteiger partial charge is 0.394 e. The smallest absolute Gasteiger partial charge is 0.217 e. The third kappa shape index (κ3) is 4.55. The summed E-state index contributed by atoms with van der Waals surface area (Å²) in [6, 6.07) is -0.797. The van der Waals surface area contributed by atoms with Crippen molar-refractivity contribution in [1.29, 1.82) is 0 Å². The molecule has 3 unspecified atom stereocenters.